The molecular weight excluding hydrogens is 252 g/mol. The first kappa shape index (κ1) is 13.0. The Morgan fingerprint density at radius 1 is 0.950 bits per heavy atom. The predicted molar refractivity (Wildman–Crippen MR) is 77.4 cm³/mol. The summed E-state index contributed by atoms with van der Waals surface area (Å²) < 4.78 is 11.3. The second kappa shape index (κ2) is 5.17. The Kier molecular flexibility index (Phi) is 3.36. The maximum atomic E-state index is 10.7. The van der Waals surface area contributed by atoms with E-state index in [-0.39, 0.29) is 0 Å². The monoisotopic (exact) mass is 270 g/mol. The summed E-state index contributed by atoms with van der Waals surface area (Å²) in [6.45, 7) is 5.14. The van der Waals surface area contributed by atoms with Crippen LogP contribution in [0.5, 0.6) is 11.5 Å². The molecule has 2 aromatic carbocycles. The third-order valence-electron chi connectivity index (χ3n) is 3.83. The quantitative estimate of drug-likeness (QED) is 0.911. The van der Waals surface area contributed by atoms with Crippen LogP contribution >= 0.6 is 0 Å². The molecule has 1 aliphatic heterocycles. The van der Waals surface area contributed by atoms with Crippen LogP contribution in [0, 0.1) is 13.8 Å². The number of aryl methyl sites for hydroxylation is 1. The van der Waals surface area contributed by atoms with Crippen molar-refractivity contribution in [3.8, 4) is 11.5 Å². The van der Waals surface area contributed by atoms with Gasteiger partial charge in [-0.2, -0.15) is 0 Å². The van der Waals surface area contributed by atoms with E-state index in [1.165, 1.54) is 5.56 Å². The van der Waals surface area contributed by atoms with Gasteiger partial charge in [-0.3, -0.25) is 0 Å². The van der Waals surface area contributed by atoms with Crippen LogP contribution in [-0.2, 0) is 0 Å². The first-order valence-corrected chi connectivity index (χ1v) is 6.81. The second-order valence-electron chi connectivity index (χ2n) is 5.06. The summed E-state index contributed by atoms with van der Waals surface area (Å²) in [5, 5.41) is 10.7. The summed E-state index contributed by atoms with van der Waals surface area (Å²) in [4.78, 5) is 0. The zero-order valence-corrected chi connectivity index (χ0v) is 11.7. The van der Waals surface area contributed by atoms with Crippen molar-refractivity contribution in [2.45, 2.75) is 20.0 Å². The van der Waals surface area contributed by atoms with Gasteiger partial charge in [0.15, 0.2) is 11.5 Å². The summed E-state index contributed by atoms with van der Waals surface area (Å²) in [6, 6.07) is 11.6. The topological polar surface area (TPSA) is 38.7 Å². The molecule has 0 bridgehead atoms. The molecule has 3 nitrogen and oxygen atoms in total. The molecule has 0 saturated heterocycles. The van der Waals surface area contributed by atoms with E-state index in [1.54, 1.807) is 0 Å². The molecule has 20 heavy (non-hydrogen) atoms. The van der Waals surface area contributed by atoms with Gasteiger partial charge in [-0.25, -0.2) is 0 Å². The van der Waals surface area contributed by atoms with Crippen molar-refractivity contribution in [3.05, 3.63) is 58.7 Å². The number of ether oxygens (including phenoxy) is 2. The lowest BCUT2D eigenvalue weighted by Gasteiger charge is -2.24. The molecule has 3 rings (SSSR count). The van der Waals surface area contributed by atoms with E-state index in [0.29, 0.717) is 24.7 Å². The van der Waals surface area contributed by atoms with Crippen LogP contribution in [0.2, 0.25) is 0 Å². The summed E-state index contributed by atoms with van der Waals surface area (Å²) in [6.07, 6.45) is -0.702. The number of fused-ring (bicyclic) bond motifs is 1. The van der Waals surface area contributed by atoms with Gasteiger partial charge in [0.2, 0.25) is 0 Å². The summed E-state index contributed by atoms with van der Waals surface area (Å²) in [7, 11) is 0. The number of hydrogen-bond acceptors (Lipinski definition) is 3. The first-order chi connectivity index (χ1) is 9.68. The lowest BCUT2D eigenvalue weighted by atomic mass is 9.94. The Hall–Kier alpha value is -2.00. The van der Waals surface area contributed by atoms with Crippen LogP contribution in [0.1, 0.15) is 28.4 Å². The highest BCUT2D eigenvalue weighted by Crippen LogP contribution is 2.39. The second-order valence-corrected chi connectivity index (χ2v) is 5.06. The third-order valence-corrected chi connectivity index (χ3v) is 3.83. The molecule has 2 aromatic rings. The molecule has 0 aliphatic carbocycles. The fourth-order valence-corrected chi connectivity index (χ4v) is 2.55. The van der Waals surface area contributed by atoms with E-state index in [0.717, 1.165) is 16.7 Å². The highest BCUT2D eigenvalue weighted by molar-refractivity contribution is 5.52. The smallest absolute Gasteiger partial charge is 0.167 e. The van der Waals surface area contributed by atoms with Crippen molar-refractivity contribution >= 4 is 0 Å². The lowest BCUT2D eigenvalue weighted by Crippen LogP contribution is -2.17. The van der Waals surface area contributed by atoms with Crippen LogP contribution in [0.15, 0.2) is 36.4 Å². The Morgan fingerprint density at radius 3 is 2.50 bits per heavy atom. The summed E-state index contributed by atoms with van der Waals surface area (Å²) in [5.41, 5.74) is 3.95. The van der Waals surface area contributed by atoms with Gasteiger partial charge in [0.05, 0.1) is 0 Å². The van der Waals surface area contributed by atoms with Crippen molar-refractivity contribution in [1.82, 2.24) is 0 Å². The van der Waals surface area contributed by atoms with E-state index in [9.17, 15) is 5.11 Å². The van der Waals surface area contributed by atoms with Gasteiger partial charge in [-0.05, 0) is 36.6 Å². The molecule has 1 atom stereocenters. The molecule has 1 N–H and O–H groups in total. The predicted octanol–water partition coefficient (Wildman–Crippen LogP) is 3.16. The van der Waals surface area contributed by atoms with Crippen LogP contribution < -0.4 is 9.47 Å². The van der Waals surface area contributed by atoms with Crippen molar-refractivity contribution in [2.24, 2.45) is 0 Å². The standard InChI is InChI=1S/C17H18O3/c1-11-5-3-6-13(12(11)2)16(18)14-7-4-8-15-17(14)20-10-9-19-15/h3-8,16,18H,9-10H2,1-2H3. The summed E-state index contributed by atoms with van der Waals surface area (Å²) in [5.74, 6) is 1.37. The van der Waals surface area contributed by atoms with Crippen molar-refractivity contribution in [3.63, 3.8) is 0 Å². The lowest BCUT2D eigenvalue weighted by molar-refractivity contribution is 0.158. The molecule has 3 heteroatoms. The van der Waals surface area contributed by atoms with Gasteiger partial charge in [0.25, 0.3) is 0 Å². The van der Waals surface area contributed by atoms with E-state index < -0.39 is 6.10 Å². The molecule has 0 spiro atoms. The Morgan fingerprint density at radius 2 is 1.65 bits per heavy atom. The van der Waals surface area contributed by atoms with Crippen LogP contribution in [0.4, 0.5) is 0 Å². The molecule has 0 aromatic heterocycles. The molecule has 104 valence electrons. The zero-order valence-electron chi connectivity index (χ0n) is 11.7. The number of rotatable bonds is 2. The number of aliphatic hydroxyl groups excluding tert-OH is 1. The molecule has 0 amide bonds. The number of hydrogen-bond donors (Lipinski definition) is 1. The Balaban J connectivity index is 2.07. The molecular formula is C17H18O3. The Bertz CT molecular complexity index is 634. The van der Waals surface area contributed by atoms with Gasteiger partial charge in [-0.15, -0.1) is 0 Å². The van der Waals surface area contributed by atoms with Crippen LogP contribution in [-0.4, -0.2) is 18.3 Å². The van der Waals surface area contributed by atoms with E-state index in [1.807, 2.05) is 50.2 Å². The summed E-state index contributed by atoms with van der Waals surface area (Å²) >= 11 is 0. The average molecular weight is 270 g/mol. The largest absolute Gasteiger partial charge is 0.486 e. The van der Waals surface area contributed by atoms with Gasteiger partial charge >= 0.3 is 0 Å². The van der Waals surface area contributed by atoms with Crippen molar-refractivity contribution in [1.29, 1.82) is 0 Å². The van der Waals surface area contributed by atoms with Gasteiger partial charge in [0.1, 0.15) is 19.3 Å². The molecule has 0 radical (unpaired) electrons. The maximum Gasteiger partial charge on any atom is 0.167 e. The molecule has 0 saturated carbocycles. The number of para-hydroxylation sites is 1. The number of aliphatic hydroxyl groups is 1. The van der Waals surface area contributed by atoms with Gasteiger partial charge in [0, 0.05) is 5.56 Å². The average Bonchev–Trinajstić information content (AvgIpc) is 2.49. The number of benzene rings is 2. The van der Waals surface area contributed by atoms with Gasteiger partial charge < -0.3 is 14.6 Å². The first-order valence-electron chi connectivity index (χ1n) is 6.81. The third kappa shape index (κ3) is 2.14. The van der Waals surface area contributed by atoms with Gasteiger partial charge in [-0.1, -0.05) is 30.3 Å². The highest BCUT2D eigenvalue weighted by Gasteiger charge is 2.22. The van der Waals surface area contributed by atoms with E-state index in [2.05, 4.69) is 0 Å². The van der Waals surface area contributed by atoms with Crippen LogP contribution in [0.3, 0.4) is 0 Å². The van der Waals surface area contributed by atoms with Crippen molar-refractivity contribution < 1.29 is 14.6 Å². The molecule has 1 heterocycles. The molecule has 1 aliphatic rings. The molecule has 0 fully saturated rings. The minimum absolute atomic E-state index is 0.517. The minimum atomic E-state index is -0.702. The fraction of sp³-hybridized carbons (Fsp3) is 0.294. The minimum Gasteiger partial charge on any atom is -0.486 e. The van der Waals surface area contributed by atoms with Crippen molar-refractivity contribution in [2.75, 3.05) is 13.2 Å². The zero-order chi connectivity index (χ0) is 14.1. The Labute approximate surface area is 118 Å². The van der Waals surface area contributed by atoms with E-state index >= 15 is 0 Å². The SMILES string of the molecule is Cc1cccc(C(O)c2cccc3c2OCCO3)c1C. The van der Waals surface area contributed by atoms with E-state index in [4.69, 9.17) is 9.47 Å². The van der Waals surface area contributed by atoms with Crippen LogP contribution in [0.25, 0.3) is 0 Å². The normalized spacial score (nSPS) is 14.9. The maximum absolute atomic E-state index is 10.7. The highest BCUT2D eigenvalue weighted by atomic mass is 16.6. The molecule has 1 unspecified atom stereocenters. The fourth-order valence-electron chi connectivity index (χ4n) is 2.55.